The number of rotatable bonds is 4. The topological polar surface area (TPSA) is 80.2 Å². The molecule has 2 aliphatic rings. The normalized spacial score (nSPS) is 25.4. The van der Waals surface area contributed by atoms with Crippen molar-refractivity contribution in [2.24, 2.45) is 11.8 Å². The number of nitrogens with one attached hydrogen (secondary N) is 1. The summed E-state index contributed by atoms with van der Waals surface area (Å²) < 4.78 is 5.97. The molecule has 7 nitrogen and oxygen atoms in total. The third-order valence-electron chi connectivity index (χ3n) is 5.02. The number of hydrogen-bond donors (Lipinski definition) is 1. The molecule has 2 saturated heterocycles. The summed E-state index contributed by atoms with van der Waals surface area (Å²) in [7, 11) is 0. The zero-order valence-electron chi connectivity index (χ0n) is 13.9. The molecule has 130 valence electrons. The van der Waals surface area contributed by atoms with Gasteiger partial charge < -0.3 is 15.0 Å². The molecule has 3 atom stereocenters. The van der Waals surface area contributed by atoms with Gasteiger partial charge in [0.2, 0.25) is 5.95 Å². The molecule has 0 spiro atoms. The summed E-state index contributed by atoms with van der Waals surface area (Å²) in [6.07, 6.45) is 7.88. The highest BCUT2D eigenvalue weighted by Crippen LogP contribution is 2.35. The van der Waals surface area contributed by atoms with Crippen molar-refractivity contribution in [2.45, 2.75) is 12.5 Å². The molecule has 0 unspecified atom stereocenters. The van der Waals surface area contributed by atoms with Crippen molar-refractivity contribution < 1.29 is 9.53 Å². The Morgan fingerprint density at radius 3 is 2.96 bits per heavy atom. The van der Waals surface area contributed by atoms with Gasteiger partial charge in [0.15, 0.2) is 0 Å². The third kappa shape index (κ3) is 3.46. The first kappa shape index (κ1) is 16.0. The lowest BCUT2D eigenvalue weighted by Crippen LogP contribution is -2.44. The van der Waals surface area contributed by atoms with E-state index in [4.69, 9.17) is 4.74 Å². The predicted molar refractivity (Wildman–Crippen MR) is 92.2 cm³/mol. The number of anilines is 1. The average molecular weight is 339 g/mol. The zero-order chi connectivity index (χ0) is 17.1. The number of carbonyl (C=O) groups excluding carboxylic acids is 1. The van der Waals surface area contributed by atoms with Crippen molar-refractivity contribution in [3.63, 3.8) is 0 Å². The van der Waals surface area contributed by atoms with Crippen molar-refractivity contribution in [3.05, 3.63) is 48.5 Å². The molecule has 4 heterocycles. The maximum absolute atomic E-state index is 12.2. The number of ether oxygens (including phenoxy) is 1. The Morgan fingerprint density at radius 2 is 2.16 bits per heavy atom. The van der Waals surface area contributed by atoms with Crippen LogP contribution in [0.4, 0.5) is 5.95 Å². The number of piperidine rings is 1. The molecule has 2 aliphatic heterocycles. The lowest BCUT2D eigenvalue weighted by atomic mass is 9.84. The van der Waals surface area contributed by atoms with Crippen molar-refractivity contribution in [2.75, 3.05) is 31.1 Å². The molecule has 0 radical (unpaired) electrons. The van der Waals surface area contributed by atoms with E-state index in [2.05, 4.69) is 25.2 Å². The lowest BCUT2D eigenvalue weighted by molar-refractivity contribution is 0.0768. The van der Waals surface area contributed by atoms with Gasteiger partial charge >= 0.3 is 0 Å². The molecular formula is C18H21N5O2. The van der Waals surface area contributed by atoms with Crippen LogP contribution in [0.25, 0.3) is 0 Å². The first-order chi connectivity index (χ1) is 12.3. The quantitative estimate of drug-likeness (QED) is 0.900. The molecule has 0 bridgehead atoms. The maximum Gasteiger partial charge on any atom is 0.252 e. The van der Waals surface area contributed by atoms with Crippen molar-refractivity contribution >= 4 is 11.9 Å². The summed E-state index contributed by atoms with van der Waals surface area (Å²) in [5, 5.41) is 2.97. The molecule has 25 heavy (non-hydrogen) atoms. The number of nitrogens with zero attached hydrogens (tertiary/aromatic N) is 4. The molecule has 1 amide bonds. The van der Waals surface area contributed by atoms with E-state index in [1.165, 1.54) is 0 Å². The summed E-state index contributed by atoms with van der Waals surface area (Å²) in [5.74, 6) is 1.61. The number of aromatic nitrogens is 3. The van der Waals surface area contributed by atoms with Gasteiger partial charge in [0.25, 0.3) is 5.91 Å². The van der Waals surface area contributed by atoms with Gasteiger partial charge in [-0.2, -0.15) is 0 Å². The van der Waals surface area contributed by atoms with Gasteiger partial charge in [-0.05, 0) is 30.5 Å². The second-order valence-corrected chi connectivity index (χ2v) is 6.53. The average Bonchev–Trinajstić information content (AvgIpc) is 3.10. The Morgan fingerprint density at radius 1 is 1.28 bits per heavy atom. The Labute approximate surface area is 146 Å². The van der Waals surface area contributed by atoms with E-state index in [9.17, 15) is 4.79 Å². The third-order valence-corrected chi connectivity index (χ3v) is 5.02. The minimum absolute atomic E-state index is 0.0736. The molecule has 1 N–H and O–H groups in total. The van der Waals surface area contributed by atoms with Gasteiger partial charge in [0.05, 0.1) is 18.3 Å². The lowest BCUT2D eigenvalue weighted by Gasteiger charge is -2.35. The largest absolute Gasteiger partial charge is 0.376 e. The molecule has 0 saturated carbocycles. The van der Waals surface area contributed by atoms with Gasteiger partial charge in [-0.15, -0.1) is 0 Å². The highest BCUT2D eigenvalue weighted by molar-refractivity contribution is 5.93. The fourth-order valence-corrected chi connectivity index (χ4v) is 3.73. The minimum atomic E-state index is -0.102. The zero-order valence-corrected chi connectivity index (χ0v) is 13.9. The molecule has 0 aliphatic carbocycles. The van der Waals surface area contributed by atoms with Gasteiger partial charge in [0, 0.05) is 50.3 Å². The molecule has 2 aromatic heterocycles. The van der Waals surface area contributed by atoms with Gasteiger partial charge in [-0.25, -0.2) is 9.97 Å². The highest BCUT2D eigenvalue weighted by Gasteiger charge is 2.41. The van der Waals surface area contributed by atoms with Gasteiger partial charge in [-0.1, -0.05) is 0 Å². The van der Waals surface area contributed by atoms with E-state index in [0.717, 1.165) is 32.1 Å². The minimum Gasteiger partial charge on any atom is -0.376 e. The Bertz CT molecular complexity index is 712. The second-order valence-electron chi connectivity index (χ2n) is 6.53. The SMILES string of the molecule is O=C(NC[C@H]1OC[C@@H]2CN(c3ncccn3)CC[C@@H]21)c1cccnc1. The van der Waals surface area contributed by atoms with Crippen LogP contribution in [0.5, 0.6) is 0 Å². The molecule has 2 aromatic rings. The smallest absolute Gasteiger partial charge is 0.252 e. The molecule has 4 rings (SSSR count). The molecule has 7 heteroatoms. The van der Waals surface area contributed by atoms with Gasteiger partial charge in [0.1, 0.15) is 0 Å². The van der Waals surface area contributed by atoms with Crippen molar-refractivity contribution in [1.82, 2.24) is 20.3 Å². The fraction of sp³-hybridized carbons (Fsp3) is 0.444. The van der Waals surface area contributed by atoms with E-state index in [1.54, 1.807) is 36.9 Å². The standard InChI is InChI=1S/C18H21N5O2/c24-17(13-3-1-5-19-9-13)22-10-16-15-4-8-23(11-14(15)12-25-16)18-20-6-2-7-21-18/h1-3,5-7,9,14-16H,4,8,10-12H2,(H,22,24)/t14-,15-,16+/m0/s1. The number of fused-ring (bicyclic) bond motifs is 1. The number of carbonyl (C=O) groups is 1. The Balaban J connectivity index is 1.32. The first-order valence-corrected chi connectivity index (χ1v) is 8.63. The van der Waals surface area contributed by atoms with Crippen LogP contribution >= 0.6 is 0 Å². The molecule has 0 aromatic carbocycles. The van der Waals surface area contributed by atoms with Crippen LogP contribution in [0.1, 0.15) is 16.8 Å². The van der Waals surface area contributed by atoms with Crippen LogP contribution in [0.2, 0.25) is 0 Å². The predicted octanol–water partition coefficient (Wildman–Crippen LogP) is 1.14. The summed E-state index contributed by atoms with van der Waals surface area (Å²) in [6.45, 7) is 3.08. The van der Waals surface area contributed by atoms with Crippen molar-refractivity contribution in [3.8, 4) is 0 Å². The van der Waals surface area contributed by atoms with Gasteiger partial charge in [-0.3, -0.25) is 9.78 Å². The van der Waals surface area contributed by atoms with Crippen molar-refractivity contribution in [1.29, 1.82) is 0 Å². The Hall–Kier alpha value is -2.54. The highest BCUT2D eigenvalue weighted by atomic mass is 16.5. The van der Waals surface area contributed by atoms with Crippen LogP contribution in [0, 0.1) is 11.8 Å². The van der Waals surface area contributed by atoms with E-state index < -0.39 is 0 Å². The number of pyridine rings is 1. The van der Waals surface area contributed by atoms with Crippen LogP contribution in [-0.2, 0) is 4.74 Å². The summed E-state index contributed by atoms with van der Waals surface area (Å²) in [6, 6.07) is 5.35. The monoisotopic (exact) mass is 339 g/mol. The summed E-state index contributed by atoms with van der Waals surface area (Å²) in [5.41, 5.74) is 0.577. The Kier molecular flexibility index (Phi) is 4.56. The van der Waals surface area contributed by atoms with E-state index in [1.807, 2.05) is 6.07 Å². The first-order valence-electron chi connectivity index (χ1n) is 8.63. The van der Waals surface area contributed by atoms with Crippen LogP contribution in [-0.4, -0.2) is 53.2 Å². The van der Waals surface area contributed by atoms with Crippen LogP contribution in [0.3, 0.4) is 0 Å². The van der Waals surface area contributed by atoms with E-state index in [-0.39, 0.29) is 12.0 Å². The van der Waals surface area contributed by atoms with E-state index >= 15 is 0 Å². The summed E-state index contributed by atoms with van der Waals surface area (Å²) >= 11 is 0. The number of amides is 1. The maximum atomic E-state index is 12.2. The fourth-order valence-electron chi connectivity index (χ4n) is 3.73. The summed E-state index contributed by atoms with van der Waals surface area (Å²) in [4.78, 5) is 27.0. The van der Waals surface area contributed by atoms with Crippen LogP contribution < -0.4 is 10.2 Å². The number of hydrogen-bond acceptors (Lipinski definition) is 6. The van der Waals surface area contributed by atoms with E-state index in [0.29, 0.717) is 23.9 Å². The molecular weight excluding hydrogens is 318 g/mol. The van der Waals surface area contributed by atoms with Crippen LogP contribution in [0.15, 0.2) is 43.0 Å². The second kappa shape index (κ2) is 7.14. The molecule has 2 fully saturated rings.